The summed E-state index contributed by atoms with van der Waals surface area (Å²) in [7, 11) is 0. The molecule has 6 nitrogen and oxygen atoms in total. The number of unbranched alkanes of at least 4 members (excludes halogenated alkanes) is 1. The topological polar surface area (TPSA) is 98.5 Å². The fourth-order valence-electron chi connectivity index (χ4n) is 2.92. The predicted molar refractivity (Wildman–Crippen MR) is 157 cm³/mol. The van der Waals surface area contributed by atoms with Crippen LogP contribution in [0.1, 0.15) is 71.1 Å². The maximum Gasteiger partial charge on any atom is 0.306 e. The van der Waals surface area contributed by atoms with E-state index in [9.17, 15) is 14.4 Å². The minimum Gasteiger partial charge on any atom is -0.456 e. The molecule has 206 valence electrons. The Hall–Kier alpha value is -2.64. The average molecular weight is 531 g/mol. The van der Waals surface area contributed by atoms with E-state index in [1.165, 1.54) is 6.08 Å². The highest BCUT2D eigenvalue weighted by atomic mass is 32.1. The average Bonchev–Trinajstić information content (AvgIpc) is 2.89. The second-order valence-corrected chi connectivity index (χ2v) is 8.81. The zero-order valence-electron chi connectivity index (χ0n) is 22.4. The SMILES string of the molecule is CCC=CCC=CCC=CCC=CCC=CCCCC(=O)C=CC(N)CCC(=O)OCC(=O)NCCS. The first kappa shape index (κ1) is 34.4. The van der Waals surface area contributed by atoms with E-state index in [-0.39, 0.29) is 24.7 Å². The van der Waals surface area contributed by atoms with Crippen molar-refractivity contribution in [1.29, 1.82) is 0 Å². The van der Waals surface area contributed by atoms with Crippen LogP contribution in [0.15, 0.2) is 72.9 Å². The Bertz CT molecular complexity index is 797. The summed E-state index contributed by atoms with van der Waals surface area (Å²) in [5, 5.41) is 2.56. The van der Waals surface area contributed by atoms with Gasteiger partial charge in [-0.3, -0.25) is 14.4 Å². The van der Waals surface area contributed by atoms with Gasteiger partial charge in [-0.15, -0.1) is 0 Å². The lowest BCUT2D eigenvalue weighted by Crippen LogP contribution is -2.30. The molecule has 0 rings (SSSR count). The molecule has 0 spiro atoms. The number of ether oxygens (including phenoxy) is 1. The fourth-order valence-corrected chi connectivity index (χ4v) is 3.03. The Morgan fingerprint density at radius 3 is 2.00 bits per heavy atom. The minimum atomic E-state index is -0.492. The van der Waals surface area contributed by atoms with Gasteiger partial charge in [0.25, 0.3) is 5.91 Å². The third-order valence-corrected chi connectivity index (χ3v) is 5.18. The molecule has 0 aliphatic rings. The quantitative estimate of drug-likeness (QED) is 0.0546. The summed E-state index contributed by atoms with van der Waals surface area (Å²) < 4.78 is 4.88. The van der Waals surface area contributed by atoms with Gasteiger partial charge < -0.3 is 15.8 Å². The number of carbonyl (C=O) groups excluding carboxylic acids is 3. The standard InChI is InChI=1S/C30H46N2O4S/c1-2-3-4-5-6-7-8-9-10-11-12-13-14-15-16-17-18-19-28(33)22-20-27(31)21-23-30(35)36-26-29(34)32-24-25-37/h3-4,6-7,9-10,12-13,15-16,20,22,27,37H,2,5,8,11,14,17-19,21,23-26,31H2,1H3,(H,32,34). The molecule has 0 heterocycles. The minimum absolute atomic E-state index is 0.0197. The molecule has 1 amide bonds. The first-order chi connectivity index (χ1) is 18.0. The van der Waals surface area contributed by atoms with Crippen LogP contribution in [-0.2, 0) is 19.1 Å². The van der Waals surface area contributed by atoms with Crippen molar-refractivity contribution in [3.05, 3.63) is 72.9 Å². The van der Waals surface area contributed by atoms with Gasteiger partial charge in [0.05, 0.1) is 0 Å². The summed E-state index contributed by atoms with van der Waals surface area (Å²) in [4.78, 5) is 35.0. The lowest BCUT2D eigenvalue weighted by atomic mass is 10.1. The molecule has 0 fully saturated rings. The van der Waals surface area contributed by atoms with Crippen molar-refractivity contribution in [2.24, 2.45) is 5.73 Å². The maximum atomic E-state index is 12.0. The van der Waals surface area contributed by atoms with Crippen molar-refractivity contribution in [3.8, 4) is 0 Å². The predicted octanol–water partition coefficient (Wildman–Crippen LogP) is 5.73. The Labute approximate surface area is 229 Å². The number of amides is 1. The molecule has 7 heteroatoms. The fraction of sp³-hybridized carbons (Fsp3) is 0.500. The highest BCUT2D eigenvalue weighted by Gasteiger charge is 2.09. The van der Waals surface area contributed by atoms with Crippen LogP contribution in [0.3, 0.4) is 0 Å². The molecule has 0 aromatic rings. The van der Waals surface area contributed by atoms with Gasteiger partial charge in [-0.25, -0.2) is 0 Å². The van der Waals surface area contributed by atoms with Crippen LogP contribution in [0.5, 0.6) is 0 Å². The highest BCUT2D eigenvalue weighted by molar-refractivity contribution is 7.80. The van der Waals surface area contributed by atoms with Crippen LogP contribution < -0.4 is 11.1 Å². The summed E-state index contributed by atoms with van der Waals surface area (Å²) in [6, 6.07) is -0.416. The molecule has 0 saturated carbocycles. The van der Waals surface area contributed by atoms with E-state index in [0.717, 1.165) is 44.9 Å². The second kappa shape index (κ2) is 26.4. The number of hydrogen-bond donors (Lipinski definition) is 3. The van der Waals surface area contributed by atoms with Crippen LogP contribution in [0.4, 0.5) is 0 Å². The van der Waals surface area contributed by atoms with Gasteiger partial charge in [0, 0.05) is 31.2 Å². The molecule has 1 atom stereocenters. The van der Waals surface area contributed by atoms with Crippen LogP contribution in [0, 0.1) is 0 Å². The Morgan fingerprint density at radius 1 is 0.865 bits per heavy atom. The smallest absolute Gasteiger partial charge is 0.306 e. The van der Waals surface area contributed by atoms with Gasteiger partial charge in [0.15, 0.2) is 12.4 Å². The molecular weight excluding hydrogens is 484 g/mol. The first-order valence-corrected chi connectivity index (χ1v) is 13.9. The van der Waals surface area contributed by atoms with Gasteiger partial charge in [-0.05, 0) is 57.4 Å². The van der Waals surface area contributed by atoms with Crippen molar-refractivity contribution in [1.82, 2.24) is 5.32 Å². The number of rotatable bonds is 22. The number of hydrogen-bond acceptors (Lipinski definition) is 6. The van der Waals surface area contributed by atoms with Gasteiger partial charge in [-0.1, -0.05) is 73.8 Å². The first-order valence-electron chi connectivity index (χ1n) is 13.2. The monoisotopic (exact) mass is 530 g/mol. The van der Waals surface area contributed by atoms with Gasteiger partial charge >= 0.3 is 5.97 Å². The number of allylic oxidation sites excluding steroid dienone is 11. The summed E-state index contributed by atoms with van der Waals surface area (Å²) in [5.41, 5.74) is 5.93. The van der Waals surface area contributed by atoms with Crippen molar-refractivity contribution in [3.63, 3.8) is 0 Å². The lowest BCUT2D eigenvalue weighted by Gasteiger charge is -2.07. The van der Waals surface area contributed by atoms with Crippen molar-refractivity contribution in [2.45, 2.75) is 77.2 Å². The van der Waals surface area contributed by atoms with Crippen molar-refractivity contribution in [2.75, 3.05) is 18.9 Å². The van der Waals surface area contributed by atoms with Crippen LogP contribution in [0.2, 0.25) is 0 Å². The Morgan fingerprint density at radius 2 is 1.43 bits per heavy atom. The van der Waals surface area contributed by atoms with E-state index >= 15 is 0 Å². The number of esters is 1. The molecule has 0 aliphatic heterocycles. The van der Waals surface area contributed by atoms with E-state index in [1.54, 1.807) is 6.08 Å². The van der Waals surface area contributed by atoms with E-state index in [4.69, 9.17) is 10.5 Å². The maximum absolute atomic E-state index is 12.0. The van der Waals surface area contributed by atoms with Crippen molar-refractivity contribution >= 4 is 30.3 Å². The molecule has 0 radical (unpaired) electrons. The number of carbonyl (C=O) groups is 3. The Balaban J connectivity index is 3.79. The third-order valence-electron chi connectivity index (χ3n) is 4.96. The molecule has 3 N–H and O–H groups in total. The summed E-state index contributed by atoms with van der Waals surface area (Å²) in [6.07, 6.45) is 32.2. The van der Waals surface area contributed by atoms with E-state index in [1.807, 2.05) is 0 Å². The number of ketones is 1. The number of nitrogens with two attached hydrogens (primary N) is 1. The molecule has 0 aromatic carbocycles. The number of thiol groups is 1. The molecule has 1 unspecified atom stereocenters. The molecule has 0 aliphatic carbocycles. The van der Waals surface area contributed by atoms with Crippen LogP contribution in [0.25, 0.3) is 0 Å². The summed E-state index contributed by atoms with van der Waals surface area (Å²) >= 11 is 3.98. The summed E-state index contributed by atoms with van der Waals surface area (Å²) in [6.45, 7) is 2.25. The van der Waals surface area contributed by atoms with Gasteiger partial charge in [-0.2, -0.15) is 12.6 Å². The van der Waals surface area contributed by atoms with Crippen molar-refractivity contribution < 1.29 is 19.1 Å². The van der Waals surface area contributed by atoms with E-state index in [0.29, 0.717) is 25.1 Å². The molecule has 0 saturated heterocycles. The van der Waals surface area contributed by atoms with Crippen LogP contribution >= 0.6 is 12.6 Å². The second-order valence-electron chi connectivity index (χ2n) is 8.36. The Kier molecular flexibility index (Phi) is 24.5. The highest BCUT2D eigenvalue weighted by Crippen LogP contribution is 2.03. The molecular formula is C30H46N2O4S. The van der Waals surface area contributed by atoms with Crippen LogP contribution in [-0.4, -0.2) is 42.6 Å². The number of nitrogens with one attached hydrogen (secondary N) is 1. The molecule has 37 heavy (non-hydrogen) atoms. The zero-order chi connectivity index (χ0) is 27.4. The summed E-state index contributed by atoms with van der Waals surface area (Å²) in [5.74, 6) is -0.315. The van der Waals surface area contributed by atoms with Gasteiger partial charge in [0.1, 0.15) is 0 Å². The molecule has 0 aromatic heterocycles. The van der Waals surface area contributed by atoms with Gasteiger partial charge in [0.2, 0.25) is 0 Å². The normalized spacial score (nSPS) is 13.2. The lowest BCUT2D eigenvalue weighted by molar-refractivity contribution is -0.148. The van der Waals surface area contributed by atoms with E-state index < -0.39 is 12.0 Å². The van der Waals surface area contributed by atoms with E-state index in [2.05, 4.69) is 85.6 Å². The zero-order valence-corrected chi connectivity index (χ0v) is 23.2. The largest absolute Gasteiger partial charge is 0.456 e. The molecule has 0 bridgehead atoms. The third kappa shape index (κ3) is 26.2.